The average Bonchev–Trinajstić information content (AvgIpc) is 0.914. The predicted molar refractivity (Wildman–Crippen MR) is 413 cm³/mol. The van der Waals surface area contributed by atoms with E-state index < -0.39 is 47.5 Å². The Bertz CT molecular complexity index is 2580. The number of rotatable bonds is 24. The van der Waals surface area contributed by atoms with Crippen molar-refractivity contribution in [1.82, 2.24) is 26.5 Å². The van der Waals surface area contributed by atoms with Crippen LogP contribution in [0.4, 0.5) is 0 Å². The Morgan fingerprint density at radius 1 is 0.505 bits per heavy atom. The lowest BCUT2D eigenvalue weighted by Gasteiger charge is -2.24. The van der Waals surface area contributed by atoms with Crippen LogP contribution in [0.5, 0.6) is 0 Å². The molecule has 0 bridgehead atoms. The van der Waals surface area contributed by atoms with Crippen molar-refractivity contribution in [3.63, 3.8) is 0 Å². The van der Waals surface area contributed by atoms with Gasteiger partial charge in [0.2, 0.25) is 11.8 Å². The van der Waals surface area contributed by atoms with Crippen LogP contribution in [0.3, 0.4) is 0 Å². The first-order chi connectivity index (χ1) is 45.2. The number of nitrogens with two attached hydrogens (primary N) is 4. The van der Waals surface area contributed by atoms with Gasteiger partial charge in [0, 0.05) is 52.1 Å². The van der Waals surface area contributed by atoms with E-state index in [9.17, 15) is 33.6 Å². The Hall–Kier alpha value is -6.43. The quantitative estimate of drug-likeness (QED) is 0.0293. The molecule has 0 saturated carbocycles. The maximum atomic E-state index is 11.4. The van der Waals surface area contributed by atoms with Crippen LogP contribution >= 0.6 is 12.4 Å². The monoisotopic (exact) mass is 1450 g/mol. The summed E-state index contributed by atoms with van der Waals surface area (Å²) in [6.45, 7) is 48.2. The normalized spacial score (nSPS) is 12.7. The lowest BCUT2D eigenvalue weighted by atomic mass is 9.88. The van der Waals surface area contributed by atoms with E-state index in [1.807, 2.05) is 183 Å². The van der Waals surface area contributed by atoms with Gasteiger partial charge in [-0.3, -0.25) is 38.9 Å². The molecule has 3 rings (SSSR count). The highest BCUT2D eigenvalue weighted by Gasteiger charge is 2.26. The first-order valence-corrected chi connectivity index (χ1v) is 33.8. The Balaban J connectivity index is -0.000000202. The molecule has 23 nitrogen and oxygen atoms in total. The summed E-state index contributed by atoms with van der Waals surface area (Å²) in [6, 6.07) is 29.9. The Morgan fingerprint density at radius 3 is 1.02 bits per heavy atom. The highest BCUT2D eigenvalue weighted by molar-refractivity contribution is 5.85. The van der Waals surface area contributed by atoms with Crippen molar-refractivity contribution in [3.05, 3.63) is 108 Å². The van der Waals surface area contributed by atoms with Crippen LogP contribution in [0, 0.1) is 49.2 Å². The topological polar surface area (TPSA) is 398 Å². The van der Waals surface area contributed by atoms with E-state index in [2.05, 4.69) is 86.0 Å². The number of nitrogens with one attached hydrogen (secondary N) is 4. The molecule has 584 valence electrons. The van der Waals surface area contributed by atoms with Crippen LogP contribution in [0.1, 0.15) is 227 Å². The van der Waals surface area contributed by atoms with Gasteiger partial charge in [-0.15, -0.1) is 12.4 Å². The van der Waals surface area contributed by atoms with Crippen LogP contribution in [0.25, 0.3) is 0 Å². The summed E-state index contributed by atoms with van der Waals surface area (Å²) in [5, 5.41) is 54.1. The number of carbonyl (C=O) groups is 7. The summed E-state index contributed by atoms with van der Waals surface area (Å²) >= 11 is 0. The molecule has 24 heteroatoms. The number of hydrogen-bond acceptors (Lipinski definition) is 17. The first-order valence-electron chi connectivity index (χ1n) is 33.8. The van der Waals surface area contributed by atoms with Crippen LogP contribution < -0.4 is 44.4 Å². The van der Waals surface area contributed by atoms with Crippen LogP contribution in [-0.4, -0.2) is 132 Å². The summed E-state index contributed by atoms with van der Waals surface area (Å²) < 4.78 is 0. The molecule has 3 aromatic rings. The fourth-order valence-corrected chi connectivity index (χ4v) is 7.80. The molecule has 0 aliphatic carbocycles. The third kappa shape index (κ3) is 84.1. The Kier molecular flexibility index (Phi) is 59.0. The van der Waals surface area contributed by atoms with Gasteiger partial charge in [0.05, 0.1) is 38.8 Å². The lowest BCUT2D eigenvalue weighted by molar-refractivity contribution is -0.170. The maximum Gasteiger partial charge on any atom is 0.320 e. The summed E-state index contributed by atoms with van der Waals surface area (Å²) in [6.07, 6.45) is 5.42. The second kappa shape index (κ2) is 55.2. The lowest BCUT2D eigenvalue weighted by Crippen LogP contribution is -2.43. The molecule has 0 aromatic heterocycles. The van der Waals surface area contributed by atoms with Gasteiger partial charge in [0.1, 0.15) is 24.4 Å². The number of hydroxylamine groups is 3. The first kappa shape index (κ1) is 108. The second-order valence-electron chi connectivity index (χ2n) is 33.6. The molecule has 5 atom stereocenters. The number of carboxylic acids is 4. The molecule has 0 fully saturated rings. The van der Waals surface area contributed by atoms with Crippen molar-refractivity contribution in [2.45, 2.75) is 266 Å². The van der Waals surface area contributed by atoms with Crippen molar-refractivity contribution in [3.8, 4) is 6.07 Å². The standard InChI is InChI=1S/C14H22N2O.C14H20N2.C14H21NO2.C8H17NO2.C7H15NO2.C6H14N2O2.C6H12O2.C6H12O.C2H7NO.ClH/c1-14(2,3)9-12(13(15)17)16-10-11-7-5-4-6-8-11;1-14(2,3)9-13(10-15)16-11-12-7-5-4-6-8-12;1-14(2,3)9-12(13(16)17)15-10-11-7-5-4-6-8-11;1-8(2,3)6-7(10)9(4)11-5;1-7(2,3)4-5(8)6(9)10;1-6(2,8)3-4(7)5(9)10;1-6(2,3)4-5(7)8;1-6(2,3)4-5-7;1-3-4-2;/h4-8,12,16H,9-10H2,1-3H3,(H2,15,17);4-8,13,16H,9,11H2,1-3H3;4-8,12,15H,9-10H2,1-3H3,(H,16,17);6H2,1-5H3;5H,4,8H2,1-3H3,(H,9,10);4H,3,7-8H2,1-2H3,(H,9,10);4H2,1-3H3,(H,7,8);5H,4H2,1-3H3;3H,1-2H3;1H. The summed E-state index contributed by atoms with van der Waals surface area (Å²) in [4.78, 5) is 83.0. The third-order valence-electron chi connectivity index (χ3n) is 12.5. The smallest absolute Gasteiger partial charge is 0.320 e. The van der Waals surface area contributed by atoms with Gasteiger partial charge in [-0.25, -0.2) is 10.5 Å². The van der Waals surface area contributed by atoms with E-state index in [4.69, 9.17) is 53.5 Å². The fourth-order valence-electron chi connectivity index (χ4n) is 7.80. The van der Waals surface area contributed by atoms with E-state index in [0.717, 1.165) is 36.8 Å². The SMILES string of the molecule is CC(C)(C)CC(=O)O.CC(C)(C)CC(C#N)NCc1ccccc1.CC(C)(C)CC(N)C(=O)O.CC(C)(C)CC(NCc1ccccc1)C(=O)O.CC(C)(C)CC(NCc1ccccc1)C(N)=O.CC(C)(C)CC=O.CC(C)(N)CC(N)C(=O)O.CNOC.CON(C)C(=O)CC(C)(C)C.Cl. The molecule has 3 aromatic carbocycles. The molecular weight excluding hydrogens is 1310 g/mol. The number of nitriles is 1. The number of aldehydes is 1. The average molecular weight is 1450 g/mol. The fraction of sp³-hybridized carbons (Fsp3) is 0.662. The van der Waals surface area contributed by atoms with Gasteiger partial charge < -0.3 is 63.6 Å². The molecule has 0 spiro atoms. The van der Waals surface area contributed by atoms with Crippen LogP contribution in [0.15, 0.2) is 91.0 Å². The highest BCUT2D eigenvalue weighted by Crippen LogP contribution is 2.24. The summed E-state index contributed by atoms with van der Waals surface area (Å²) in [5.74, 6) is -3.70. The van der Waals surface area contributed by atoms with E-state index in [1.165, 1.54) is 17.7 Å². The number of amides is 2. The molecule has 16 N–H and O–H groups in total. The van der Waals surface area contributed by atoms with Gasteiger partial charge in [-0.05, 0) is 101 Å². The number of carbonyl (C=O) groups excluding carboxylic acids is 3. The molecule has 0 radical (unpaired) electrons. The summed E-state index contributed by atoms with van der Waals surface area (Å²) in [5.41, 5.74) is 27.3. The van der Waals surface area contributed by atoms with Gasteiger partial charge in [0.25, 0.3) is 0 Å². The molecule has 0 heterocycles. The van der Waals surface area contributed by atoms with Crippen molar-refractivity contribution >= 4 is 54.4 Å². The number of halogens is 1. The number of primary amides is 1. The molecular formula is C77H141ClN10O13. The molecule has 0 aliphatic rings. The van der Waals surface area contributed by atoms with Crippen LogP contribution in [0.2, 0.25) is 0 Å². The minimum absolute atomic E-state index is 0. The van der Waals surface area contributed by atoms with Crippen molar-refractivity contribution in [1.29, 1.82) is 5.26 Å². The van der Waals surface area contributed by atoms with E-state index in [0.29, 0.717) is 45.2 Å². The molecule has 0 saturated heterocycles. The van der Waals surface area contributed by atoms with Crippen LogP contribution in [-0.2, 0) is 62.9 Å². The van der Waals surface area contributed by atoms with E-state index >= 15 is 0 Å². The number of benzene rings is 3. The number of nitrogens with zero attached hydrogens (tertiary/aromatic N) is 2. The van der Waals surface area contributed by atoms with Crippen molar-refractivity contribution in [2.75, 3.05) is 28.3 Å². The minimum atomic E-state index is -1.00. The Labute approximate surface area is 615 Å². The highest BCUT2D eigenvalue weighted by atomic mass is 35.5. The molecule has 101 heavy (non-hydrogen) atoms. The van der Waals surface area contributed by atoms with Crippen molar-refractivity contribution in [2.24, 2.45) is 60.8 Å². The summed E-state index contributed by atoms with van der Waals surface area (Å²) in [7, 11) is 6.38. The molecule has 0 aliphatic heterocycles. The minimum Gasteiger partial charge on any atom is -0.481 e. The van der Waals surface area contributed by atoms with Crippen molar-refractivity contribution < 1.29 is 63.7 Å². The zero-order valence-electron chi connectivity index (χ0n) is 67.0. The van der Waals surface area contributed by atoms with Gasteiger partial charge in [-0.2, -0.15) is 5.26 Å². The number of hydrogen-bond donors (Lipinski definition) is 12. The molecule has 2 amide bonds. The number of aliphatic carboxylic acids is 4. The number of carboxylic acid groups (broad SMARTS) is 4. The Morgan fingerprint density at radius 2 is 0.822 bits per heavy atom. The second-order valence-corrected chi connectivity index (χ2v) is 33.6. The van der Waals surface area contributed by atoms with Gasteiger partial charge in [-0.1, -0.05) is 236 Å². The molecule has 5 unspecified atom stereocenters. The maximum absolute atomic E-state index is 11.4. The largest absolute Gasteiger partial charge is 0.481 e. The predicted octanol–water partition coefficient (Wildman–Crippen LogP) is 13.0. The van der Waals surface area contributed by atoms with E-state index in [1.54, 1.807) is 35.1 Å². The zero-order chi connectivity index (χ0) is 79.7. The van der Waals surface area contributed by atoms with Gasteiger partial charge >= 0.3 is 23.9 Å². The van der Waals surface area contributed by atoms with E-state index in [-0.39, 0.29) is 80.6 Å². The third-order valence-corrected chi connectivity index (χ3v) is 12.5. The van der Waals surface area contributed by atoms with Gasteiger partial charge in [0.15, 0.2) is 0 Å². The zero-order valence-corrected chi connectivity index (χ0v) is 67.8.